The molecule has 7 nitrogen and oxygen atoms in total. The van der Waals surface area contributed by atoms with Crippen LogP contribution in [0, 0.1) is 5.92 Å². The van der Waals surface area contributed by atoms with Crippen LogP contribution in [0.25, 0.3) is 0 Å². The Kier molecular flexibility index (Phi) is 2.87. The molecule has 1 amide bonds. The number of nitrogens with zero attached hydrogens (tertiary/aromatic N) is 3. The number of carbonyl (C=O) groups excluding carboxylic acids is 1. The van der Waals surface area contributed by atoms with E-state index in [0.717, 1.165) is 5.57 Å². The summed E-state index contributed by atoms with van der Waals surface area (Å²) in [4.78, 5) is 15.2. The van der Waals surface area contributed by atoms with Gasteiger partial charge in [0.25, 0.3) is 5.91 Å². The van der Waals surface area contributed by atoms with Gasteiger partial charge in [0.2, 0.25) is 5.82 Å². The van der Waals surface area contributed by atoms with Crippen LogP contribution in [0.4, 0.5) is 0 Å². The van der Waals surface area contributed by atoms with Gasteiger partial charge < -0.3 is 15.9 Å². The molecule has 0 spiro atoms. The zero-order valence-electron chi connectivity index (χ0n) is 10.3. The summed E-state index contributed by atoms with van der Waals surface area (Å²) < 4.78 is 1.48. The molecule has 1 aromatic heterocycles. The van der Waals surface area contributed by atoms with E-state index in [2.05, 4.69) is 10.1 Å². The van der Waals surface area contributed by atoms with Crippen LogP contribution in [0.1, 0.15) is 35.9 Å². The van der Waals surface area contributed by atoms with Crippen LogP contribution in [0.3, 0.4) is 0 Å². The van der Waals surface area contributed by atoms with E-state index in [-0.39, 0.29) is 17.8 Å². The number of aliphatic hydroxyl groups is 2. The first-order valence-electron chi connectivity index (χ1n) is 6.33. The average molecular weight is 264 g/mol. The van der Waals surface area contributed by atoms with Gasteiger partial charge in [-0.2, -0.15) is 5.10 Å². The third kappa shape index (κ3) is 1.95. The van der Waals surface area contributed by atoms with E-state index in [4.69, 9.17) is 5.73 Å². The van der Waals surface area contributed by atoms with Gasteiger partial charge in [-0.3, -0.25) is 4.79 Å². The molecule has 1 fully saturated rings. The fourth-order valence-corrected chi connectivity index (χ4v) is 3.14. The van der Waals surface area contributed by atoms with Gasteiger partial charge in [0.1, 0.15) is 6.33 Å². The van der Waals surface area contributed by atoms with Gasteiger partial charge >= 0.3 is 0 Å². The van der Waals surface area contributed by atoms with Crippen LogP contribution < -0.4 is 5.73 Å². The summed E-state index contributed by atoms with van der Waals surface area (Å²) in [7, 11) is 0. The van der Waals surface area contributed by atoms with E-state index in [1.807, 2.05) is 6.08 Å². The summed E-state index contributed by atoms with van der Waals surface area (Å²) in [5.41, 5.74) is 6.29. The van der Waals surface area contributed by atoms with Crippen molar-refractivity contribution in [2.24, 2.45) is 11.7 Å². The minimum atomic E-state index is -0.633. The molecule has 0 unspecified atom stereocenters. The summed E-state index contributed by atoms with van der Waals surface area (Å²) >= 11 is 0. The third-order valence-electron chi connectivity index (χ3n) is 3.98. The summed E-state index contributed by atoms with van der Waals surface area (Å²) in [5, 5.41) is 23.8. The second-order valence-electron chi connectivity index (χ2n) is 5.15. The monoisotopic (exact) mass is 264 g/mol. The molecule has 0 bridgehead atoms. The van der Waals surface area contributed by atoms with E-state index in [1.165, 1.54) is 11.0 Å². The molecule has 2 aliphatic carbocycles. The predicted molar refractivity (Wildman–Crippen MR) is 65.0 cm³/mol. The number of nitrogens with two attached hydrogens (primary N) is 1. The molecule has 0 aromatic carbocycles. The molecule has 4 atom stereocenters. The Morgan fingerprint density at radius 3 is 2.95 bits per heavy atom. The fraction of sp³-hybridized carbons (Fsp3) is 0.583. The molecule has 4 N–H and O–H groups in total. The number of rotatable bonds is 2. The number of aliphatic hydroxyl groups excluding tert-OH is 2. The van der Waals surface area contributed by atoms with Crippen molar-refractivity contribution in [2.45, 2.75) is 37.5 Å². The van der Waals surface area contributed by atoms with Gasteiger partial charge in [-0.05, 0) is 18.4 Å². The van der Waals surface area contributed by atoms with Crippen LogP contribution in [-0.4, -0.2) is 43.1 Å². The quantitative estimate of drug-likeness (QED) is 0.616. The molecule has 7 heteroatoms. The summed E-state index contributed by atoms with van der Waals surface area (Å²) in [6.45, 7) is 0. The topological polar surface area (TPSA) is 114 Å². The largest absolute Gasteiger partial charge is 0.393 e. The normalized spacial score (nSPS) is 33.9. The number of hydrogen-bond donors (Lipinski definition) is 3. The van der Waals surface area contributed by atoms with Crippen molar-refractivity contribution in [3.8, 4) is 0 Å². The minimum Gasteiger partial charge on any atom is -0.393 e. The van der Waals surface area contributed by atoms with Crippen molar-refractivity contribution in [3.05, 3.63) is 23.8 Å². The lowest BCUT2D eigenvalue weighted by molar-refractivity contribution is 0.0843. The molecular formula is C12H16N4O3. The van der Waals surface area contributed by atoms with E-state index < -0.39 is 18.1 Å². The Labute approximate surface area is 109 Å². The molecule has 1 aromatic rings. The second-order valence-corrected chi connectivity index (χ2v) is 5.15. The number of fused-ring (bicyclic) bond motifs is 1. The number of primary amides is 1. The fourth-order valence-electron chi connectivity index (χ4n) is 3.14. The minimum absolute atomic E-state index is 0.0707. The zero-order chi connectivity index (χ0) is 13.6. The molecule has 3 rings (SSSR count). The molecule has 0 aliphatic heterocycles. The maximum absolute atomic E-state index is 11.3. The summed E-state index contributed by atoms with van der Waals surface area (Å²) in [6, 6.07) is -0.197. The molecule has 102 valence electrons. The van der Waals surface area contributed by atoms with Gasteiger partial charge in [0, 0.05) is 12.3 Å². The highest BCUT2D eigenvalue weighted by atomic mass is 16.3. The molecule has 2 aliphatic rings. The first kappa shape index (κ1) is 12.3. The highest BCUT2D eigenvalue weighted by Crippen LogP contribution is 2.45. The van der Waals surface area contributed by atoms with E-state index in [0.29, 0.717) is 19.3 Å². The number of carbonyl (C=O) groups is 1. The first-order chi connectivity index (χ1) is 9.08. The van der Waals surface area contributed by atoms with Gasteiger partial charge in [-0.1, -0.05) is 6.08 Å². The van der Waals surface area contributed by atoms with Crippen molar-refractivity contribution in [1.82, 2.24) is 14.8 Å². The highest BCUT2D eigenvalue weighted by molar-refractivity contribution is 5.89. The van der Waals surface area contributed by atoms with Crippen LogP contribution in [0.2, 0.25) is 0 Å². The molecular weight excluding hydrogens is 248 g/mol. The Morgan fingerprint density at radius 2 is 2.21 bits per heavy atom. The maximum atomic E-state index is 11.3. The Morgan fingerprint density at radius 1 is 1.42 bits per heavy atom. The van der Waals surface area contributed by atoms with Crippen molar-refractivity contribution >= 4 is 5.91 Å². The molecule has 0 radical (unpaired) electrons. The summed E-state index contributed by atoms with van der Waals surface area (Å²) in [5.74, 6) is -0.601. The Balaban J connectivity index is 1.98. The molecule has 19 heavy (non-hydrogen) atoms. The Hall–Kier alpha value is -1.73. The number of amides is 1. The van der Waals surface area contributed by atoms with Crippen LogP contribution >= 0.6 is 0 Å². The van der Waals surface area contributed by atoms with E-state index in [9.17, 15) is 15.0 Å². The highest BCUT2D eigenvalue weighted by Gasteiger charge is 2.42. The molecule has 0 saturated heterocycles. The lowest BCUT2D eigenvalue weighted by Gasteiger charge is -2.25. The second kappa shape index (κ2) is 4.43. The average Bonchev–Trinajstić information content (AvgIpc) is 2.94. The molecule has 1 saturated carbocycles. The predicted octanol–water partition coefficient (Wildman–Crippen LogP) is -0.620. The SMILES string of the molecule is NC(=O)c1ncnn1[C@H]1C[C@H](O)[C@H]2C[C@H](O)CC=C21. The first-order valence-corrected chi connectivity index (χ1v) is 6.33. The van der Waals surface area contributed by atoms with Crippen LogP contribution in [0.15, 0.2) is 18.0 Å². The van der Waals surface area contributed by atoms with Gasteiger partial charge in [0.05, 0.1) is 18.2 Å². The number of hydrogen-bond acceptors (Lipinski definition) is 5. The van der Waals surface area contributed by atoms with Gasteiger partial charge in [-0.25, -0.2) is 9.67 Å². The van der Waals surface area contributed by atoms with Gasteiger partial charge in [0.15, 0.2) is 0 Å². The van der Waals surface area contributed by atoms with Crippen molar-refractivity contribution in [3.63, 3.8) is 0 Å². The van der Waals surface area contributed by atoms with Crippen molar-refractivity contribution in [1.29, 1.82) is 0 Å². The maximum Gasteiger partial charge on any atom is 0.286 e. The van der Waals surface area contributed by atoms with Crippen LogP contribution in [-0.2, 0) is 0 Å². The van der Waals surface area contributed by atoms with Crippen molar-refractivity contribution < 1.29 is 15.0 Å². The lowest BCUT2D eigenvalue weighted by Crippen LogP contribution is -2.25. The summed E-state index contributed by atoms with van der Waals surface area (Å²) in [6.07, 6.45) is 3.86. The smallest absolute Gasteiger partial charge is 0.286 e. The Bertz CT molecular complexity index is 539. The zero-order valence-corrected chi connectivity index (χ0v) is 10.3. The molecule has 1 heterocycles. The third-order valence-corrected chi connectivity index (χ3v) is 3.98. The van der Waals surface area contributed by atoms with E-state index >= 15 is 0 Å². The van der Waals surface area contributed by atoms with Gasteiger partial charge in [-0.15, -0.1) is 0 Å². The van der Waals surface area contributed by atoms with Crippen molar-refractivity contribution in [2.75, 3.05) is 0 Å². The van der Waals surface area contributed by atoms with Crippen LogP contribution in [0.5, 0.6) is 0 Å². The lowest BCUT2D eigenvalue weighted by atomic mass is 9.86. The van der Waals surface area contributed by atoms with E-state index in [1.54, 1.807) is 0 Å². The number of aromatic nitrogens is 3. The standard InChI is InChI=1S/C12H16N4O3/c13-11(19)12-14-5-15-16(12)9-4-10(18)8-3-6(17)1-2-7(8)9/h2,5-6,8-10,17-18H,1,3-4H2,(H2,13,19)/t6-,8+,9+,10+/m1/s1.